The van der Waals surface area contributed by atoms with E-state index < -0.39 is 6.10 Å². The van der Waals surface area contributed by atoms with Gasteiger partial charge in [-0.25, -0.2) is 0 Å². The quantitative estimate of drug-likeness (QED) is 0.806. The number of carbonyl (C=O) groups excluding carboxylic acids is 1. The first-order valence-electron chi connectivity index (χ1n) is 9.83. The molecule has 2 aromatic carbocycles. The van der Waals surface area contributed by atoms with Crippen molar-refractivity contribution < 1.29 is 9.53 Å². The van der Waals surface area contributed by atoms with Crippen molar-refractivity contribution in [3.05, 3.63) is 64.7 Å². The standard InChI is InChI=1S/C23H30N2O2/c1-17-7-6-8-22(18(17)2)27-19(3)23(26)24-15-20-9-11-21(12-10-20)16-25-13-4-5-14-25/h6-12,19H,4-5,13-16H2,1-3H3,(H,24,26)/t19-/m0/s1. The second-order valence-corrected chi connectivity index (χ2v) is 7.48. The van der Waals surface area contributed by atoms with Crippen molar-refractivity contribution in [3.63, 3.8) is 0 Å². The molecular formula is C23H30N2O2. The van der Waals surface area contributed by atoms with E-state index in [0.717, 1.165) is 29.0 Å². The highest BCUT2D eigenvalue weighted by Gasteiger charge is 2.16. The normalized spacial score (nSPS) is 15.5. The second-order valence-electron chi connectivity index (χ2n) is 7.48. The van der Waals surface area contributed by atoms with Crippen LogP contribution in [-0.4, -0.2) is 30.0 Å². The average Bonchev–Trinajstić information content (AvgIpc) is 3.17. The van der Waals surface area contributed by atoms with Crippen LogP contribution < -0.4 is 10.1 Å². The Morgan fingerprint density at radius 1 is 1.07 bits per heavy atom. The van der Waals surface area contributed by atoms with E-state index in [4.69, 9.17) is 4.74 Å². The van der Waals surface area contributed by atoms with Gasteiger partial charge < -0.3 is 10.1 Å². The van der Waals surface area contributed by atoms with Crippen LogP contribution in [0, 0.1) is 13.8 Å². The Hall–Kier alpha value is -2.33. The summed E-state index contributed by atoms with van der Waals surface area (Å²) in [5.41, 5.74) is 4.67. The molecule has 0 radical (unpaired) electrons. The zero-order chi connectivity index (χ0) is 19.2. The molecule has 3 rings (SSSR count). The number of aryl methyl sites for hydroxylation is 1. The van der Waals surface area contributed by atoms with E-state index >= 15 is 0 Å². The van der Waals surface area contributed by atoms with Crippen molar-refractivity contribution in [2.75, 3.05) is 13.1 Å². The molecule has 1 fully saturated rings. The number of nitrogens with one attached hydrogen (secondary N) is 1. The molecule has 0 saturated carbocycles. The van der Waals surface area contributed by atoms with Crippen LogP contribution in [0.5, 0.6) is 5.75 Å². The van der Waals surface area contributed by atoms with E-state index in [1.807, 2.05) is 32.0 Å². The van der Waals surface area contributed by atoms with Gasteiger partial charge in [-0.2, -0.15) is 0 Å². The lowest BCUT2D eigenvalue weighted by molar-refractivity contribution is -0.127. The summed E-state index contributed by atoms with van der Waals surface area (Å²) in [7, 11) is 0. The van der Waals surface area contributed by atoms with Crippen LogP contribution in [0.15, 0.2) is 42.5 Å². The maximum absolute atomic E-state index is 12.4. The predicted molar refractivity (Wildman–Crippen MR) is 109 cm³/mol. The van der Waals surface area contributed by atoms with Crippen LogP contribution in [0.3, 0.4) is 0 Å². The Balaban J connectivity index is 1.48. The minimum Gasteiger partial charge on any atom is -0.481 e. The number of amides is 1. The molecule has 0 unspecified atom stereocenters. The van der Waals surface area contributed by atoms with E-state index in [-0.39, 0.29) is 5.91 Å². The fourth-order valence-corrected chi connectivity index (χ4v) is 3.39. The summed E-state index contributed by atoms with van der Waals surface area (Å²) < 4.78 is 5.85. The predicted octanol–water partition coefficient (Wildman–Crippen LogP) is 3.98. The Bertz CT molecular complexity index is 764. The molecular weight excluding hydrogens is 336 g/mol. The van der Waals surface area contributed by atoms with E-state index in [0.29, 0.717) is 6.54 Å². The van der Waals surface area contributed by atoms with E-state index in [1.54, 1.807) is 6.92 Å². The first-order valence-corrected chi connectivity index (χ1v) is 9.83. The van der Waals surface area contributed by atoms with Crippen molar-refractivity contribution in [2.45, 2.75) is 52.8 Å². The molecule has 1 aliphatic rings. The summed E-state index contributed by atoms with van der Waals surface area (Å²) in [5, 5.41) is 2.97. The highest BCUT2D eigenvalue weighted by atomic mass is 16.5. The molecule has 4 nitrogen and oxygen atoms in total. The van der Waals surface area contributed by atoms with Crippen molar-refractivity contribution >= 4 is 5.91 Å². The third kappa shape index (κ3) is 5.33. The highest BCUT2D eigenvalue weighted by molar-refractivity contribution is 5.80. The molecule has 0 aliphatic carbocycles. The largest absolute Gasteiger partial charge is 0.481 e. The summed E-state index contributed by atoms with van der Waals surface area (Å²) >= 11 is 0. The number of nitrogens with zero attached hydrogens (tertiary/aromatic N) is 1. The molecule has 1 heterocycles. The fourth-order valence-electron chi connectivity index (χ4n) is 3.39. The molecule has 0 spiro atoms. The van der Waals surface area contributed by atoms with E-state index in [2.05, 4.69) is 34.5 Å². The van der Waals surface area contributed by atoms with E-state index in [1.165, 1.54) is 31.5 Å². The molecule has 1 atom stereocenters. The van der Waals surface area contributed by atoms with Gasteiger partial charge in [0.05, 0.1) is 0 Å². The molecule has 27 heavy (non-hydrogen) atoms. The van der Waals surface area contributed by atoms with Gasteiger partial charge in [-0.15, -0.1) is 0 Å². The fraction of sp³-hybridized carbons (Fsp3) is 0.435. The summed E-state index contributed by atoms with van der Waals surface area (Å²) in [6.45, 7) is 9.79. The molecule has 1 saturated heterocycles. The van der Waals surface area contributed by atoms with Gasteiger partial charge in [-0.3, -0.25) is 9.69 Å². The SMILES string of the molecule is Cc1cccc(O[C@@H](C)C(=O)NCc2ccc(CN3CCCC3)cc2)c1C. The van der Waals surface area contributed by atoms with Gasteiger partial charge in [0, 0.05) is 13.1 Å². The van der Waals surface area contributed by atoms with Crippen molar-refractivity contribution in [2.24, 2.45) is 0 Å². The number of hydrogen-bond acceptors (Lipinski definition) is 3. The third-order valence-electron chi connectivity index (χ3n) is 5.32. The molecule has 2 aromatic rings. The number of likely N-dealkylation sites (tertiary alicyclic amines) is 1. The number of hydrogen-bond donors (Lipinski definition) is 1. The lowest BCUT2D eigenvalue weighted by atomic mass is 10.1. The molecule has 1 N–H and O–H groups in total. The van der Waals surface area contributed by atoms with Crippen LogP contribution in [0.1, 0.15) is 42.0 Å². The molecule has 4 heteroatoms. The number of carbonyl (C=O) groups is 1. The minimum absolute atomic E-state index is 0.1000. The second kappa shape index (κ2) is 9.05. The maximum Gasteiger partial charge on any atom is 0.261 e. The van der Waals surface area contributed by atoms with Gasteiger partial charge in [-0.1, -0.05) is 36.4 Å². The number of rotatable bonds is 7. The first-order chi connectivity index (χ1) is 13.0. The van der Waals surface area contributed by atoms with Gasteiger partial charge >= 0.3 is 0 Å². The zero-order valence-corrected chi connectivity index (χ0v) is 16.6. The molecule has 1 amide bonds. The van der Waals surface area contributed by atoms with Gasteiger partial charge in [0.25, 0.3) is 5.91 Å². The Labute approximate surface area is 162 Å². The Kier molecular flexibility index (Phi) is 6.51. The number of benzene rings is 2. The van der Waals surface area contributed by atoms with Crippen LogP contribution in [0.4, 0.5) is 0 Å². The van der Waals surface area contributed by atoms with Gasteiger partial charge in [0.2, 0.25) is 0 Å². The lowest BCUT2D eigenvalue weighted by Crippen LogP contribution is -2.36. The van der Waals surface area contributed by atoms with Crippen molar-refractivity contribution in [1.82, 2.24) is 10.2 Å². The molecule has 0 aromatic heterocycles. The van der Waals surface area contributed by atoms with Crippen molar-refractivity contribution in [3.8, 4) is 5.75 Å². The van der Waals surface area contributed by atoms with Crippen LogP contribution in [-0.2, 0) is 17.9 Å². The summed E-state index contributed by atoms with van der Waals surface area (Å²) in [6, 6.07) is 14.4. The molecule has 0 bridgehead atoms. The van der Waals surface area contributed by atoms with Crippen LogP contribution >= 0.6 is 0 Å². The lowest BCUT2D eigenvalue weighted by Gasteiger charge is -2.17. The smallest absolute Gasteiger partial charge is 0.261 e. The summed E-state index contributed by atoms with van der Waals surface area (Å²) in [6.07, 6.45) is 2.10. The minimum atomic E-state index is -0.528. The zero-order valence-electron chi connectivity index (χ0n) is 16.6. The van der Waals surface area contributed by atoms with Gasteiger partial charge in [0.15, 0.2) is 6.10 Å². The van der Waals surface area contributed by atoms with E-state index in [9.17, 15) is 4.79 Å². The molecule has 144 valence electrons. The summed E-state index contributed by atoms with van der Waals surface area (Å²) in [4.78, 5) is 14.9. The Morgan fingerprint density at radius 3 is 2.44 bits per heavy atom. The third-order valence-corrected chi connectivity index (χ3v) is 5.32. The van der Waals surface area contributed by atoms with Crippen LogP contribution in [0.25, 0.3) is 0 Å². The maximum atomic E-state index is 12.4. The Morgan fingerprint density at radius 2 is 1.74 bits per heavy atom. The van der Waals surface area contributed by atoms with Gasteiger partial charge in [-0.05, 0) is 75.0 Å². The highest BCUT2D eigenvalue weighted by Crippen LogP contribution is 2.21. The topological polar surface area (TPSA) is 41.6 Å². The van der Waals surface area contributed by atoms with Crippen molar-refractivity contribution in [1.29, 1.82) is 0 Å². The monoisotopic (exact) mass is 366 g/mol. The van der Waals surface area contributed by atoms with Crippen LogP contribution in [0.2, 0.25) is 0 Å². The molecule has 1 aliphatic heterocycles. The number of ether oxygens (including phenoxy) is 1. The van der Waals surface area contributed by atoms with Gasteiger partial charge in [0.1, 0.15) is 5.75 Å². The summed E-state index contributed by atoms with van der Waals surface area (Å²) in [5.74, 6) is 0.668. The first kappa shape index (κ1) is 19.4. The average molecular weight is 367 g/mol.